The van der Waals surface area contributed by atoms with Crippen LogP contribution >= 0.6 is 12.4 Å². The minimum atomic E-state index is -0.131. The molecule has 0 aliphatic carbocycles. The van der Waals surface area contributed by atoms with E-state index in [0.717, 1.165) is 36.3 Å². The molecule has 1 fully saturated rings. The number of nitrogens with two attached hydrogens (primary N) is 1. The molecule has 23 heavy (non-hydrogen) atoms. The Labute approximate surface area is 144 Å². The highest BCUT2D eigenvalue weighted by atomic mass is 35.5. The molecule has 2 unspecified atom stereocenters. The van der Waals surface area contributed by atoms with Gasteiger partial charge in [0.15, 0.2) is 0 Å². The highest BCUT2D eigenvalue weighted by Crippen LogP contribution is 2.22. The van der Waals surface area contributed by atoms with Crippen LogP contribution in [0.4, 0.5) is 0 Å². The monoisotopic (exact) mass is 342 g/mol. The van der Waals surface area contributed by atoms with Gasteiger partial charge >= 0.3 is 0 Å². The van der Waals surface area contributed by atoms with Gasteiger partial charge in [0.25, 0.3) is 0 Å². The number of carbonyl (C=O) groups is 1. The normalized spacial score (nSPS) is 18.1. The van der Waals surface area contributed by atoms with E-state index in [0.29, 0.717) is 19.6 Å². The number of rotatable bonds is 7. The number of aryl methyl sites for hydroxylation is 1. The van der Waals surface area contributed by atoms with Gasteiger partial charge in [-0.25, -0.2) is 0 Å². The van der Waals surface area contributed by atoms with Crippen LogP contribution in [-0.2, 0) is 16.1 Å². The van der Waals surface area contributed by atoms with Crippen molar-refractivity contribution in [2.45, 2.75) is 51.8 Å². The van der Waals surface area contributed by atoms with E-state index in [1.807, 2.05) is 32.0 Å². The Kier molecular flexibility index (Phi) is 8.37. The summed E-state index contributed by atoms with van der Waals surface area (Å²) in [5.74, 6) is 0.775. The molecule has 3 N–H and O–H groups in total. The minimum absolute atomic E-state index is 0. The first-order chi connectivity index (χ1) is 10.5. The molecule has 1 amide bonds. The van der Waals surface area contributed by atoms with Crippen molar-refractivity contribution in [1.29, 1.82) is 0 Å². The summed E-state index contributed by atoms with van der Waals surface area (Å²) in [6.45, 7) is 5.68. The van der Waals surface area contributed by atoms with Gasteiger partial charge in [0, 0.05) is 31.2 Å². The average molecular weight is 343 g/mol. The maximum Gasteiger partial charge on any atom is 0.221 e. The zero-order valence-electron chi connectivity index (χ0n) is 13.8. The van der Waals surface area contributed by atoms with E-state index in [2.05, 4.69) is 5.32 Å². The summed E-state index contributed by atoms with van der Waals surface area (Å²) in [6, 6.07) is 5.88. The second kappa shape index (κ2) is 9.75. The van der Waals surface area contributed by atoms with Gasteiger partial charge in [0.05, 0.1) is 6.10 Å². The summed E-state index contributed by atoms with van der Waals surface area (Å²) in [4.78, 5) is 11.7. The van der Waals surface area contributed by atoms with Crippen LogP contribution in [0.5, 0.6) is 5.75 Å². The third-order valence-electron chi connectivity index (χ3n) is 3.65. The van der Waals surface area contributed by atoms with Crippen molar-refractivity contribution in [1.82, 2.24) is 5.32 Å². The molecule has 1 aliphatic heterocycles. The number of hydrogen-bond donors (Lipinski definition) is 2. The topological polar surface area (TPSA) is 73.6 Å². The van der Waals surface area contributed by atoms with Crippen LogP contribution in [0, 0.1) is 6.92 Å². The third-order valence-corrected chi connectivity index (χ3v) is 3.65. The van der Waals surface area contributed by atoms with Crippen LogP contribution < -0.4 is 15.8 Å². The molecule has 6 heteroatoms. The zero-order valence-corrected chi connectivity index (χ0v) is 14.7. The summed E-state index contributed by atoms with van der Waals surface area (Å²) < 4.78 is 11.5. The number of amides is 1. The Morgan fingerprint density at radius 2 is 2.30 bits per heavy atom. The predicted molar refractivity (Wildman–Crippen MR) is 93.0 cm³/mol. The second-order valence-electron chi connectivity index (χ2n) is 6.02. The van der Waals surface area contributed by atoms with Crippen LogP contribution in [0.1, 0.15) is 37.3 Å². The minimum Gasteiger partial charge on any atom is -0.491 e. The van der Waals surface area contributed by atoms with E-state index in [4.69, 9.17) is 15.2 Å². The van der Waals surface area contributed by atoms with Crippen LogP contribution in [0.25, 0.3) is 0 Å². The number of benzene rings is 1. The quantitative estimate of drug-likeness (QED) is 0.797. The van der Waals surface area contributed by atoms with Crippen LogP contribution in [0.15, 0.2) is 18.2 Å². The molecule has 1 heterocycles. The van der Waals surface area contributed by atoms with Crippen molar-refractivity contribution in [2.75, 3.05) is 13.2 Å². The van der Waals surface area contributed by atoms with Gasteiger partial charge < -0.3 is 20.5 Å². The fraction of sp³-hybridized carbons (Fsp3) is 0.588. The molecule has 130 valence electrons. The highest BCUT2D eigenvalue weighted by molar-refractivity contribution is 5.85. The molecule has 2 rings (SSSR count). The molecule has 0 radical (unpaired) electrons. The van der Waals surface area contributed by atoms with Gasteiger partial charge in [-0.3, -0.25) is 4.79 Å². The Hall–Kier alpha value is -1.30. The van der Waals surface area contributed by atoms with Crippen molar-refractivity contribution in [3.8, 4) is 5.75 Å². The molecule has 0 aromatic heterocycles. The van der Waals surface area contributed by atoms with E-state index < -0.39 is 0 Å². The molecule has 1 saturated heterocycles. The van der Waals surface area contributed by atoms with Crippen molar-refractivity contribution >= 4 is 18.3 Å². The summed E-state index contributed by atoms with van der Waals surface area (Å²) in [5.41, 5.74) is 7.74. The fourth-order valence-electron chi connectivity index (χ4n) is 2.46. The molecule has 2 atom stereocenters. The van der Waals surface area contributed by atoms with E-state index in [1.165, 1.54) is 0 Å². The summed E-state index contributed by atoms with van der Waals surface area (Å²) in [7, 11) is 0. The lowest BCUT2D eigenvalue weighted by Gasteiger charge is -2.16. The van der Waals surface area contributed by atoms with Crippen LogP contribution in [-0.4, -0.2) is 31.3 Å². The van der Waals surface area contributed by atoms with Gasteiger partial charge in [0.2, 0.25) is 5.91 Å². The van der Waals surface area contributed by atoms with E-state index in [1.54, 1.807) is 0 Å². The Bertz CT molecular complexity index is 503. The average Bonchev–Trinajstić information content (AvgIpc) is 2.96. The Balaban J connectivity index is 0.00000264. The van der Waals surface area contributed by atoms with Gasteiger partial charge in [-0.05, 0) is 38.3 Å². The number of ether oxygens (including phenoxy) is 2. The molecule has 0 bridgehead atoms. The first kappa shape index (κ1) is 19.7. The largest absolute Gasteiger partial charge is 0.491 e. The Morgan fingerprint density at radius 3 is 2.96 bits per heavy atom. The lowest BCUT2D eigenvalue weighted by Crippen LogP contribution is -2.29. The maximum atomic E-state index is 11.7. The first-order valence-electron chi connectivity index (χ1n) is 7.91. The second-order valence-corrected chi connectivity index (χ2v) is 6.02. The zero-order chi connectivity index (χ0) is 15.9. The summed E-state index contributed by atoms with van der Waals surface area (Å²) >= 11 is 0. The number of halogens is 1. The first-order valence-corrected chi connectivity index (χ1v) is 7.91. The standard InChI is InChI=1S/C17H26N2O3.ClH/c1-12-5-6-14(10-19-17(20)9-13(2)18)16(8-12)22-11-15-4-3-7-21-15;/h5-6,8,13,15H,3-4,7,9-11,18H2,1-2H3,(H,19,20);1H. The molecular formula is C17H27ClN2O3. The molecule has 1 aromatic carbocycles. The molecule has 1 aromatic rings. The van der Waals surface area contributed by atoms with Gasteiger partial charge in [0.1, 0.15) is 12.4 Å². The third kappa shape index (κ3) is 6.77. The number of nitrogens with one attached hydrogen (secondary N) is 1. The molecule has 0 spiro atoms. The summed E-state index contributed by atoms with van der Waals surface area (Å²) in [6.07, 6.45) is 2.66. The van der Waals surface area contributed by atoms with Gasteiger partial charge in [-0.2, -0.15) is 0 Å². The van der Waals surface area contributed by atoms with Crippen molar-refractivity contribution in [3.05, 3.63) is 29.3 Å². The molecular weight excluding hydrogens is 316 g/mol. The van der Waals surface area contributed by atoms with Crippen molar-refractivity contribution in [3.63, 3.8) is 0 Å². The van der Waals surface area contributed by atoms with E-state index in [-0.39, 0.29) is 30.5 Å². The van der Waals surface area contributed by atoms with Crippen LogP contribution in [0.3, 0.4) is 0 Å². The lowest BCUT2D eigenvalue weighted by atomic mass is 10.1. The Morgan fingerprint density at radius 1 is 1.52 bits per heavy atom. The van der Waals surface area contributed by atoms with Crippen molar-refractivity contribution < 1.29 is 14.3 Å². The number of hydrogen-bond acceptors (Lipinski definition) is 4. The maximum absolute atomic E-state index is 11.7. The van der Waals surface area contributed by atoms with E-state index in [9.17, 15) is 4.79 Å². The molecule has 5 nitrogen and oxygen atoms in total. The predicted octanol–water partition coefficient (Wildman–Crippen LogP) is 2.33. The van der Waals surface area contributed by atoms with Gasteiger partial charge in [-0.15, -0.1) is 12.4 Å². The number of carbonyl (C=O) groups excluding carboxylic acids is 1. The highest BCUT2D eigenvalue weighted by Gasteiger charge is 2.17. The summed E-state index contributed by atoms with van der Waals surface area (Å²) in [5, 5.41) is 2.89. The lowest BCUT2D eigenvalue weighted by molar-refractivity contribution is -0.121. The molecule has 0 saturated carbocycles. The van der Waals surface area contributed by atoms with E-state index >= 15 is 0 Å². The van der Waals surface area contributed by atoms with Crippen molar-refractivity contribution in [2.24, 2.45) is 5.73 Å². The fourth-order valence-corrected chi connectivity index (χ4v) is 2.46. The smallest absolute Gasteiger partial charge is 0.221 e. The molecule has 1 aliphatic rings. The van der Waals surface area contributed by atoms with Gasteiger partial charge in [-0.1, -0.05) is 12.1 Å². The SMILES string of the molecule is Cc1ccc(CNC(=O)CC(C)N)c(OCC2CCCO2)c1.Cl. The van der Waals surface area contributed by atoms with Crippen LogP contribution in [0.2, 0.25) is 0 Å².